The molecule has 1 N–H and O–H groups in total. The van der Waals surface area contributed by atoms with Crippen molar-refractivity contribution >= 4 is 11.6 Å². The molecule has 19 heavy (non-hydrogen) atoms. The Labute approximate surface area is 120 Å². The van der Waals surface area contributed by atoms with Crippen molar-refractivity contribution in [3.8, 4) is 0 Å². The van der Waals surface area contributed by atoms with E-state index < -0.39 is 0 Å². The summed E-state index contributed by atoms with van der Waals surface area (Å²) in [5.41, 5.74) is 1.32. The highest BCUT2D eigenvalue weighted by molar-refractivity contribution is 6.31. The Morgan fingerprint density at radius 1 is 1.42 bits per heavy atom. The minimum absolute atomic E-state index is 0.219. The second kappa shape index (κ2) is 5.80. The van der Waals surface area contributed by atoms with Crippen molar-refractivity contribution in [2.24, 2.45) is 5.41 Å². The number of benzene rings is 1. The summed E-state index contributed by atoms with van der Waals surface area (Å²) in [6, 6.07) is 5.35. The van der Waals surface area contributed by atoms with E-state index in [1.165, 1.54) is 12.1 Å². The second-order valence-corrected chi connectivity index (χ2v) is 6.23. The summed E-state index contributed by atoms with van der Waals surface area (Å²) in [6.45, 7) is 7.78. The maximum Gasteiger partial charge on any atom is 0.124 e. The molecule has 1 aliphatic rings. The SMILES string of the molecule is CCCNC1CC(c2ccc(F)cc2Cl)C1(C)CC. The second-order valence-electron chi connectivity index (χ2n) is 5.82. The van der Waals surface area contributed by atoms with Gasteiger partial charge < -0.3 is 5.32 Å². The van der Waals surface area contributed by atoms with Crippen LogP contribution in [0, 0.1) is 11.2 Å². The molecule has 3 heteroatoms. The first-order valence-electron chi connectivity index (χ1n) is 7.21. The van der Waals surface area contributed by atoms with Gasteiger partial charge in [-0.2, -0.15) is 0 Å². The molecule has 1 aromatic carbocycles. The maximum atomic E-state index is 13.2. The fourth-order valence-electron chi connectivity index (χ4n) is 3.25. The summed E-state index contributed by atoms with van der Waals surface area (Å²) in [5.74, 6) is 0.173. The molecule has 3 unspecified atom stereocenters. The molecular formula is C16H23ClFN. The molecule has 0 radical (unpaired) electrons. The van der Waals surface area contributed by atoms with Gasteiger partial charge in [0.05, 0.1) is 0 Å². The topological polar surface area (TPSA) is 12.0 Å². The lowest BCUT2D eigenvalue weighted by molar-refractivity contribution is 0.0445. The zero-order valence-corrected chi connectivity index (χ0v) is 12.7. The lowest BCUT2D eigenvalue weighted by Crippen LogP contribution is -2.56. The van der Waals surface area contributed by atoms with Crippen molar-refractivity contribution < 1.29 is 4.39 Å². The normalized spacial score (nSPS) is 30.2. The molecule has 0 heterocycles. The number of nitrogens with one attached hydrogen (secondary N) is 1. The van der Waals surface area contributed by atoms with Gasteiger partial charge in [-0.3, -0.25) is 0 Å². The Hall–Kier alpha value is -0.600. The molecule has 1 nitrogen and oxygen atoms in total. The van der Waals surface area contributed by atoms with Gasteiger partial charge in [0, 0.05) is 11.1 Å². The van der Waals surface area contributed by atoms with Crippen LogP contribution in [0.15, 0.2) is 18.2 Å². The first-order chi connectivity index (χ1) is 9.02. The molecule has 2 rings (SSSR count). The summed E-state index contributed by atoms with van der Waals surface area (Å²) in [5, 5.41) is 4.19. The van der Waals surface area contributed by atoms with Crippen molar-refractivity contribution in [3.63, 3.8) is 0 Å². The standard InChI is InChI=1S/C16H23ClFN/c1-4-8-19-15-10-13(16(15,3)5-2)12-7-6-11(18)9-14(12)17/h6-7,9,13,15,19H,4-5,8,10H2,1-3H3. The summed E-state index contributed by atoms with van der Waals surface area (Å²) >= 11 is 6.21. The summed E-state index contributed by atoms with van der Waals surface area (Å²) in [7, 11) is 0. The predicted octanol–water partition coefficient (Wildman–Crippen LogP) is 4.75. The molecule has 106 valence electrons. The van der Waals surface area contributed by atoms with Gasteiger partial charge in [0.2, 0.25) is 0 Å². The van der Waals surface area contributed by atoms with Crippen LogP contribution in [0.2, 0.25) is 5.02 Å². The van der Waals surface area contributed by atoms with Crippen LogP contribution in [0.25, 0.3) is 0 Å². The van der Waals surface area contributed by atoms with Crippen LogP contribution in [0.5, 0.6) is 0 Å². The zero-order chi connectivity index (χ0) is 14.0. The van der Waals surface area contributed by atoms with Gasteiger partial charge >= 0.3 is 0 Å². The molecule has 0 saturated heterocycles. The highest BCUT2D eigenvalue weighted by atomic mass is 35.5. The van der Waals surface area contributed by atoms with Crippen molar-refractivity contribution in [1.29, 1.82) is 0 Å². The largest absolute Gasteiger partial charge is 0.313 e. The van der Waals surface area contributed by atoms with E-state index in [4.69, 9.17) is 11.6 Å². The number of rotatable bonds is 5. The highest BCUT2D eigenvalue weighted by Gasteiger charge is 2.50. The van der Waals surface area contributed by atoms with Crippen molar-refractivity contribution in [2.45, 2.75) is 52.0 Å². The molecule has 1 saturated carbocycles. The van der Waals surface area contributed by atoms with Crippen LogP contribution in [0.4, 0.5) is 4.39 Å². The van der Waals surface area contributed by atoms with Gasteiger partial charge in [-0.05, 0) is 54.8 Å². The van der Waals surface area contributed by atoms with E-state index in [9.17, 15) is 4.39 Å². The third-order valence-electron chi connectivity index (χ3n) is 4.80. The van der Waals surface area contributed by atoms with Crippen LogP contribution in [-0.4, -0.2) is 12.6 Å². The number of halogens is 2. The lowest BCUT2D eigenvalue weighted by Gasteiger charge is -2.55. The fourth-order valence-corrected chi connectivity index (χ4v) is 3.55. The van der Waals surface area contributed by atoms with Gasteiger partial charge in [-0.15, -0.1) is 0 Å². The molecule has 0 aliphatic heterocycles. The molecule has 1 aromatic rings. The summed E-state index contributed by atoms with van der Waals surface area (Å²) in [4.78, 5) is 0. The number of hydrogen-bond acceptors (Lipinski definition) is 1. The van der Waals surface area contributed by atoms with Crippen LogP contribution in [-0.2, 0) is 0 Å². The average Bonchev–Trinajstić information content (AvgIpc) is 2.38. The van der Waals surface area contributed by atoms with E-state index in [-0.39, 0.29) is 11.2 Å². The van der Waals surface area contributed by atoms with E-state index in [2.05, 4.69) is 26.1 Å². The van der Waals surface area contributed by atoms with E-state index in [0.29, 0.717) is 17.0 Å². The molecule has 0 bridgehead atoms. The van der Waals surface area contributed by atoms with Gasteiger partial charge in [0.1, 0.15) is 5.82 Å². The van der Waals surface area contributed by atoms with E-state index in [1.807, 2.05) is 6.07 Å². The predicted molar refractivity (Wildman–Crippen MR) is 79.2 cm³/mol. The van der Waals surface area contributed by atoms with Crippen LogP contribution < -0.4 is 5.32 Å². The Morgan fingerprint density at radius 3 is 2.74 bits per heavy atom. The van der Waals surface area contributed by atoms with Crippen molar-refractivity contribution in [2.75, 3.05) is 6.54 Å². The molecule has 0 aromatic heterocycles. The van der Waals surface area contributed by atoms with Crippen LogP contribution >= 0.6 is 11.6 Å². The van der Waals surface area contributed by atoms with Gasteiger partial charge in [-0.1, -0.05) is 38.4 Å². The molecule has 0 spiro atoms. The third kappa shape index (κ3) is 2.66. The van der Waals surface area contributed by atoms with Gasteiger partial charge in [-0.25, -0.2) is 4.39 Å². The smallest absolute Gasteiger partial charge is 0.124 e. The molecule has 0 amide bonds. The van der Waals surface area contributed by atoms with E-state index >= 15 is 0 Å². The summed E-state index contributed by atoms with van der Waals surface area (Å²) in [6.07, 6.45) is 3.35. The fraction of sp³-hybridized carbons (Fsp3) is 0.625. The minimum atomic E-state index is -0.257. The lowest BCUT2D eigenvalue weighted by atomic mass is 9.54. The molecular weight excluding hydrogens is 261 g/mol. The maximum absolute atomic E-state index is 13.2. The molecule has 1 aliphatic carbocycles. The monoisotopic (exact) mass is 283 g/mol. The quantitative estimate of drug-likeness (QED) is 0.822. The van der Waals surface area contributed by atoms with Gasteiger partial charge in [0.25, 0.3) is 0 Å². The minimum Gasteiger partial charge on any atom is -0.313 e. The van der Waals surface area contributed by atoms with E-state index in [1.54, 1.807) is 0 Å². The van der Waals surface area contributed by atoms with Crippen LogP contribution in [0.3, 0.4) is 0 Å². The Kier molecular flexibility index (Phi) is 4.52. The van der Waals surface area contributed by atoms with Crippen LogP contribution in [0.1, 0.15) is 51.5 Å². The average molecular weight is 284 g/mol. The van der Waals surface area contributed by atoms with Crippen molar-refractivity contribution in [1.82, 2.24) is 5.32 Å². The third-order valence-corrected chi connectivity index (χ3v) is 5.13. The zero-order valence-electron chi connectivity index (χ0n) is 12.0. The molecule has 3 atom stereocenters. The van der Waals surface area contributed by atoms with Crippen molar-refractivity contribution in [3.05, 3.63) is 34.6 Å². The summed E-state index contributed by atoms with van der Waals surface area (Å²) < 4.78 is 13.2. The van der Waals surface area contributed by atoms with Gasteiger partial charge in [0.15, 0.2) is 0 Å². The first kappa shape index (κ1) is 14.8. The first-order valence-corrected chi connectivity index (χ1v) is 7.59. The number of hydrogen-bond donors (Lipinski definition) is 1. The van der Waals surface area contributed by atoms with E-state index in [0.717, 1.165) is 31.4 Å². The Bertz CT molecular complexity index is 448. The highest BCUT2D eigenvalue weighted by Crippen LogP contribution is 2.56. The molecule has 1 fully saturated rings. The Balaban J connectivity index is 2.18. The Morgan fingerprint density at radius 2 is 2.16 bits per heavy atom.